The summed E-state index contributed by atoms with van der Waals surface area (Å²) in [7, 11) is 0. The highest BCUT2D eigenvalue weighted by atomic mass is 16.5. The fourth-order valence-corrected chi connectivity index (χ4v) is 12.8. The minimum absolute atomic E-state index is 0.0237. The Morgan fingerprint density at radius 1 is 0.289 bits per heavy atom. The molecule has 0 bridgehead atoms. The van der Waals surface area contributed by atoms with Gasteiger partial charge in [-0.15, -0.1) is 0 Å². The number of aliphatic hydroxyl groups is 2. The topological polar surface area (TPSA) is 95.9 Å². The van der Waals surface area contributed by atoms with Crippen LogP contribution in [0.15, 0.2) is 0 Å². The average Bonchev–Trinajstić information content (AvgIpc) is 3.49. The van der Waals surface area contributed by atoms with Gasteiger partial charge in [-0.1, -0.05) is 418 Å². The molecule has 6 nitrogen and oxygen atoms in total. The molecular formula is C77H153NO5. The molecule has 3 N–H and O–H groups in total. The predicted molar refractivity (Wildman–Crippen MR) is 366 cm³/mol. The first-order valence-corrected chi connectivity index (χ1v) is 38.8. The summed E-state index contributed by atoms with van der Waals surface area (Å²) in [5.74, 6) is -0.000447. The highest BCUT2D eigenvalue weighted by Crippen LogP contribution is 2.20. The average molecular weight is 1170 g/mol. The molecule has 1 amide bonds. The molecule has 0 aliphatic rings. The number of carbonyl (C=O) groups excluding carboxylic acids is 2. The smallest absolute Gasteiger partial charge is 0.305 e. The fraction of sp³-hybridized carbons (Fsp3) is 0.974. The van der Waals surface area contributed by atoms with Crippen molar-refractivity contribution in [1.29, 1.82) is 0 Å². The van der Waals surface area contributed by atoms with E-state index >= 15 is 0 Å². The molecule has 0 radical (unpaired) electrons. The summed E-state index contributed by atoms with van der Waals surface area (Å²) in [5, 5.41) is 23.5. The Morgan fingerprint density at radius 3 is 0.735 bits per heavy atom. The van der Waals surface area contributed by atoms with Crippen molar-refractivity contribution >= 4 is 11.9 Å². The van der Waals surface area contributed by atoms with Crippen molar-refractivity contribution in [3.05, 3.63) is 0 Å². The Morgan fingerprint density at radius 2 is 0.494 bits per heavy atom. The quantitative estimate of drug-likeness (QED) is 0.0417. The van der Waals surface area contributed by atoms with Crippen LogP contribution in [-0.2, 0) is 14.3 Å². The third kappa shape index (κ3) is 69.8. The van der Waals surface area contributed by atoms with Crippen LogP contribution >= 0.6 is 0 Å². The molecule has 0 spiro atoms. The molecule has 0 saturated carbocycles. The van der Waals surface area contributed by atoms with E-state index in [4.69, 9.17) is 4.74 Å². The Bertz CT molecular complexity index is 1210. The van der Waals surface area contributed by atoms with Crippen LogP contribution in [0.2, 0.25) is 0 Å². The van der Waals surface area contributed by atoms with Crippen LogP contribution in [0.3, 0.4) is 0 Å². The molecule has 2 atom stereocenters. The lowest BCUT2D eigenvalue weighted by Crippen LogP contribution is -2.45. The Kier molecular flexibility index (Phi) is 72.3. The first kappa shape index (κ1) is 81.9. The van der Waals surface area contributed by atoms with Crippen molar-refractivity contribution in [2.75, 3.05) is 13.2 Å². The van der Waals surface area contributed by atoms with Gasteiger partial charge in [0.05, 0.1) is 25.4 Å². The van der Waals surface area contributed by atoms with Crippen LogP contribution < -0.4 is 5.32 Å². The lowest BCUT2D eigenvalue weighted by Gasteiger charge is -2.22. The standard InChI is InChI=1S/C77H153NO5/c1-3-5-7-9-11-13-15-17-18-19-20-34-37-40-43-46-49-53-57-61-65-69-75(80)74(73-79)78-76(81)70-66-62-58-54-50-47-44-41-38-35-32-30-28-26-24-22-21-23-25-27-29-31-33-36-39-42-45-48-52-56-60-64-68-72-83-77(82)71-67-63-59-55-51-16-14-12-10-8-6-4-2/h74-75,79-80H,3-73H2,1-2H3,(H,78,81). The fourth-order valence-electron chi connectivity index (χ4n) is 12.8. The zero-order valence-electron chi connectivity index (χ0n) is 57.0. The summed E-state index contributed by atoms with van der Waals surface area (Å²) in [4.78, 5) is 24.6. The van der Waals surface area contributed by atoms with E-state index in [9.17, 15) is 19.8 Å². The summed E-state index contributed by atoms with van der Waals surface area (Å²) in [6, 6.07) is -0.538. The molecule has 2 unspecified atom stereocenters. The first-order chi connectivity index (χ1) is 41.0. The van der Waals surface area contributed by atoms with E-state index in [1.807, 2.05) is 0 Å². The van der Waals surface area contributed by atoms with Crippen molar-refractivity contribution in [3.8, 4) is 0 Å². The molecular weight excluding hydrogens is 1020 g/mol. The van der Waals surface area contributed by atoms with E-state index in [1.54, 1.807) is 0 Å². The number of ether oxygens (including phenoxy) is 1. The molecule has 0 aliphatic heterocycles. The number of hydrogen-bond donors (Lipinski definition) is 3. The Labute approximate surface area is 521 Å². The molecule has 83 heavy (non-hydrogen) atoms. The summed E-state index contributed by atoms with van der Waals surface area (Å²) in [5.41, 5.74) is 0. The third-order valence-corrected chi connectivity index (χ3v) is 18.7. The van der Waals surface area contributed by atoms with Gasteiger partial charge in [0.15, 0.2) is 0 Å². The van der Waals surface area contributed by atoms with Crippen molar-refractivity contribution in [2.24, 2.45) is 0 Å². The van der Waals surface area contributed by atoms with Crippen LogP contribution in [0.5, 0.6) is 0 Å². The SMILES string of the molecule is CCCCCCCCCCCCCCCCCCCCCCCC(O)C(CO)NC(=O)CCCCCCCCCCCCCCCCCCCCCCCCCCCCCCCCCCCOC(=O)CCCCCCCCCCCCCC. The number of amides is 1. The minimum atomic E-state index is -0.661. The van der Waals surface area contributed by atoms with Crippen molar-refractivity contribution in [2.45, 2.75) is 469 Å². The zero-order chi connectivity index (χ0) is 59.9. The van der Waals surface area contributed by atoms with Gasteiger partial charge in [0.2, 0.25) is 5.91 Å². The van der Waals surface area contributed by atoms with Crippen LogP contribution in [0.4, 0.5) is 0 Å². The summed E-state index contributed by atoms with van der Waals surface area (Å²) >= 11 is 0. The van der Waals surface area contributed by atoms with Gasteiger partial charge in [-0.25, -0.2) is 0 Å². The van der Waals surface area contributed by atoms with Gasteiger partial charge in [0.25, 0.3) is 0 Å². The number of hydrogen-bond acceptors (Lipinski definition) is 5. The highest BCUT2D eigenvalue weighted by molar-refractivity contribution is 5.76. The maximum atomic E-state index is 12.6. The van der Waals surface area contributed by atoms with Crippen molar-refractivity contribution in [1.82, 2.24) is 5.32 Å². The molecule has 0 aliphatic carbocycles. The van der Waals surface area contributed by atoms with Crippen LogP contribution in [0, 0.1) is 0 Å². The number of nitrogens with one attached hydrogen (secondary N) is 1. The molecule has 0 rings (SSSR count). The Balaban J connectivity index is 3.31. The molecule has 0 aromatic carbocycles. The second kappa shape index (κ2) is 73.3. The molecule has 0 aromatic heterocycles. The molecule has 0 aromatic rings. The molecule has 496 valence electrons. The predicted octanol–water partition coefficient (Wildman–Crippen LogP) is 25.3. The van der Waals surface area contributed by atoms with Crippen molar-refractivity contribution < 1.29 is 24.5 Å². The summed E-state index contributed by atoms with van der Waals surface area (Å²) in [6.45, 7) is 5.01. The number of esters is 1. The number of unbranched alkanes of at least 4 members (excludes halogenated alkanes) is 63. The van der Waals surface area contributed by atoms with Crippen LogP contribution in [0.25, 0.3) is 0 Å². The number of aliphatic hydroxyl groups excluding tert-OH is 2. The number of carbonyl (C=O) groups is 2. The molecule has 0 fully saturated rings. The highest BCUT2D eigenvalue weighted by Gasteiger charge is 2.20. The van der Waals surface area contributed by atoms with Gasteiger partial charge in [-0.2, -0.15) is 0 Å². The zero-order valence-corrected chi connectivity index (χ0v) is 57.0. The monoisotopic (exact) mass is 1170 g/mol. The van der Waals surface area contributed by atoms with E-state index < -0.39 is 12.1 Å². The molecule has 0 heterocycles. The largest absolute Gasteiger partial charge is 0.466 e. The maximum Gasteiger partial charge on any atom is 0.305 e. The van der Waals surface area contributed by atoms with E-state index in [0.717, 1.165) is 38.5 Å². The summed E-state index contributed by atoms with van der Waals surface area (Å²) < 4.78 is 5.49. The van der Waals surface area contributed by atoms with Crippen LogP contribution in [-0.4, -0.2) is 47.4 Å². The molecule has 6 heteroatoms. The van der Waals surface area contributed by atoms with Crippen molar-refractivity contribution in [3.63, 3.8) is 0 Å². The van der Waals surface area contributed by atoms with E-state index in [1.165, 1.54) is 385 Å². The van der Waals surface area contributed by atoms with E-state index in [2.05, 4.69) is 19.2 Å². The van der Waals surface area contributed by atoms with Crippen LogP contribution in [0.1, 0.15) is 457 Å². The first-order valence-electron chi connectivity index (χ1n) is 38.8. The normalized spacial score (nSPS) is 12.4. The van der Waals surface area contributed by atoms with Gasteiger partial charge < -0.3 is 20.3 Å². The number of rotatable bonds is 74. The maximum absolute atomic E-state index is 12.6. The van der Waals surface area contributed by atoms with Gasteiger partial charge in [-0.3, -0.25) is 9.59 Å². The lowest BCUT2D eigenvalue weighted by molar-refractivity contribution is -0.143. The Hall–Kier alpha value is -1.14. The van der Waals surface area contributed by atoms with E-state index in [0.29, 0.717) is 25.9 Å². The van der Waals surface area contributed by atoms with Gasteiger partial charge >= 0.3 is 5.97 Å². The molecule has 0 saturated heterocycles. The van der Waals surface area contributed by atoms with E-state index in [-0.39, 0.29) is 18.5 Å². The minimum Gasteiger partial charge on any atom is -0.466 e. The third-order valence-electron chi connectivity index (χ3n) is 18.7. The lowest BCUT2D eigenvalue weighted by atomic mass is 10.0. The van der Waals surface area contributed by atoms with Gasteiger partial charge in [0, 0.05) is 12.8 Å². The second-order valence-corrected chi connectivity index (χ2v) is 27.1. The second-order valence-electron chi connectivity index (χ2n) is 27.1. The van der Waals surface area contributed by atoms with Gasteiger partial charge in [-0.05, 0) is 25.7 Å². The van der Waals surface area contributed by atoms with Gasteiger partial charge in [0.1, 0.15) is 0 Å². The summed E-state index contributed by atoms with van der Waals surface area (Å²) in [6.07, 6.45) is 90.5.